The first-order valence-electron chi connectivity index (χ1n) is 8.60. The Morgan fingerprint density at radius 2 is 2.00 bits per heavy atom. The molecule has 1 amide bonds. The molecule has 1 aliphatic heterocycles. The van der Waals surface area contributed by atoms with Gasteiger partial charge in [-0.1, -0.05) is 30.3 Å². The van der Waals surface area contributed by atoms with Gasteiger partial charge >= 0.3 is 5.97 Å². The maximum absolute atomic E-state index is 12.3. The molecule has 1 N–H and O–H groups in total. The lowest BCUT2D eigenvalue weighted by Gasteiger charge is -2.08. The number of esters is 1. The van der Waals surface area contributed by atoms with Gasteiger partial charge in [0.1, 0.15) is 11.6 Å². The first-order valence-corrected chi connectivity index (χ1v) is 8.60. The van der Waals surface area contributed by atoms with Gasteiger partial charge in [-0.3, -0.25) is 4.79 Å². The number of aryl methyl sites for hydroxylation is 2. The molecule has 0 saturated carbocycles. The largest absolute Gasteiger partial charge is 0.464 e. The Hall–Kier alpha value is -3.15. The average molecular weight is 350 g/mol. The predicted molar refractivity (Wildman–Crippen MR) is 94.7 cm³/mol. The van der Waals surface area contributed by atoms with Gasteiger partial charge in [-0.25, -0.2) is 9.78 Å². The lowest BCUT2D eigenvalue weighted by Crippen LogP contribution is -2.37. The molecule has 0 spiro atoms. The molecule has 1 fully saturated rings. The van der Waals surface area contributed by atoms with Gasteiger partial charge in [-0.2, -0.15) is 0 Å². The zero-order valence-electron chi connectivity index (χ0n) is 14.1. The molecule has 26 heavy (non-hydrogen) atoms. The van der Waals surface area contributed by atoms with Crippen LogP contribution in [0.5, 0.6) is 0 Å². The van der Waals surface area contributed by atoms with Crippen molar-refractivity contribution in [3.63, 3.8) is 0 Å². The van der Waals surface area contributed by atoms with Crippen LogP contribution in [0.4, 0.5) is 0 Å². The van der Waals surface area contributed by atoms with Gasteiger partial charge in [0, 0.05) is 18.4 Å². The number of cyclic esters (lactones) is 1. The van der Waals surface area contributed by atoms with Gasteiger partial charge < -0.3 is 14.5 Å². The minimum Gasteiger partial charge on any atom is -0.464 e. The van der Waals surface area contributed by atoms with Crippen LogP contribution in [0, 0.1) is 0 Å². The van der Waals surface area contributed by atoms with Crippen molar-refractivity contribution in [2.75, 3.05) is 6.61 Å². The number of aromatic nitrogens is 1. The van der Waals surface area contributed by atoms with E-state index in [1.54, 1.807) is 18.2 Å². The van der Waals surface area contributed by atoms with Crippen LogP contribution in [0.15, 0.2) is 52.9 Å². The molecule has 3 aromatic rings. The summed E-state index contributed by atoms with van der Waals surface area (Å²) in [5, 5.41) is 2.69. The van der Waals surface area contributed by atoms with Crippen molar-refractivity contribution in [2.45, 2.75) is 25.3 Å². The molecule has 1 atom stereocenters. The zero-order valence-corrected chi connectivity index (χ0v) is 14.1. The molecule has 1 saturated heterocycles. The number of oxazole rings is 1. The summed E-state index contributed by atoms with van der Waals surface area (Å²) >= 11 is 0. The predicted octanol–water partition coefficient (Wildman–Crippen LogP) is 2.66. The number of carbonyl (C=O) groups excluding carboxylic acids is 2. The highest BCUT2D eigenvalue weighted by Crippen LogP contribution is 2.19. The number of amides is 1. The normalized spacial score (nSPS) is 16.6. The third-order valence-corrected chi connectivity index (χ3v) is 4.41. The maximum atomic E-state index is 12.3. The van der Waals surface area contributed by atoms with Gasteiger partial charge in [0.15, 0.2) is 11.5 Å². The van der Waals surface area contributed by atoms with E-state index in [9.17, 15) is 9.59 Å². The van der Waals surface area contributed by atoms with Gasteiger partial charge in [0.05, 0.1) is 6.61 Å². The van der Waals surface area contributed by atoms with E-state index in [4.69, 9.17) is 9.15 Å². The summed E-state index contributed by atoms with van der Waals surface area (Å²) in [6, 6.07) is 14.6. The Morgan fingerprint density at radius 3 is 2.77 bits per heavy atom. The minimum atomic E-state index is -0.572. The standard InChI is InChI=1S/C20H18N2O4/c23-19(22-15-10-11-25-20(15)24)14-7-8-17-16(12-14)21-18(26-17)9-6-13-4-2-1-3-5-13/h1-5,7-8,12,15H,6,9-11H2,(H,22,23)/t15-/m0/s1. The van der Waals surface area contributed by atoms with Crippen LogP contribution in [0.2, 0.25) is 0 Å². The van der Waals surface area contributed by atoms with Crippen LogP contribution in [-0.4, -0.2) is 29.5 Å². The van der Waals surface area contributed by atoms with E-state index in [2.05, 4.69) is 22.4 Å². The second-order valence-electron chi connectivity index (χ2n) is 6.26. The summed E-state index contributed by atoms with van der Waals surface area (Å²) < 4.78 is 10.6. The highest BCUT2D eigenvalue weighted by molar-refractivity contribution is 5.99. The van der Waals surface area contributed by atoms with Crippen LogP contribution in [0.1, 0.15) is 28.2 Å². The first kappa shape index (κ1) is 16.3. The fourth-order valence-corrected chi connectivity index (χ4v) is 2.99. The second-order valence-corrected chi connectivity index (χ2v) is 6.26. The topological polar surface area (TPSA) is 81.4 Å². The van der Waals surface area contributed by atoms with Gasteiger partial charge in [-0.15, -0.1) is 0 Å². The van der Waals surface area contributed by atoms with E-state index in [0.29, 0.717) is 42.0 Å². The van der Waals surface area contributed by atoms with Crippen molar-refractivity contribution in [3.05, 3.63) is 65.5 Å². The third-order valence-electron chi connectivity index (χ3n) is 4.41. The van der Waals surface area contributed by atoms with Crippen molar-refractivity contribution in [2.24, 2.45) is 0 Å². The second kappa shape index (κ2) is 7.00. The summed E-state index contributed by atoms with van der Waals surface area (Å²) in [5.74, 6) is -0.0607. The Morgan fingerprint density at radius 1 is 1.15 bits per heavy atom. The third kappa shape index (κ3) is 3.44. The number of hydrogen-bond acceptors (Lipinski definition) is 5. The van der Waals surface area contributed by atoms with Crippen molar-refractivity contribution < 1.29 is 18.7 Å². The lowest BCUT2D eigenvalue weighted by atomic mass is 10.1. The van der Waals surface area contributed by atoms with E-state index < -0.39 is 6.04 Å². The van der Waals surface area contributed by atoms with Crippen molar-refractivity contribution >= 4 is 23.0 Å². The maximum Gasteiger partial charge on any atom is 0.328 e. The molecular weight excluding hydrogens is 332 g/mol. The summed E-state index contributed by atoms with van der Waals surface area (Å²) in [7, 11) is 0. The van der Waals surface area contributed by atoms with Crippen LogP contribution in [-0.2, 0) is 22.4 Å². The molecule has 2 heterocycles. The number of nitrogens with one attached hydrogen (secondary N) is 1. The Kier molecular flexibility index (Phi) is 4.39. The van der Waals surface area contributed by atoms with Gasteiger partial charge in [-0.05, 0) is 30.2 Å². The van der Waals surface area contributed by atoms with Gasteiger partial charge in [0.25, 0.3) is 5.91 Å². The lowest BCUT2D eigenvalue weighted by molar-refractivity contribution is -0.139. The number of hydrogen-bond donors (Lipinski definition) is 1. The molecule has 6 heteroatoms. The van der Waals surface area contributed by atoms with E-state index in [1.165, 1.54) is 5.56 Å². The molecule has 4 rings (SSSR count). The smallest absolute Gasteiger partial charge is 0.328 e. The summed E-state index contributed by atoms with van der Waals surface area (Å²) in [6.45, 7) is 0.344. The number of rotatable bonds is 5. The fourth-order valence-electron chi connectivity index (χ4n) is 2.99. The van der Waals surface area contributed by atoms with E-state index >= 15 is 0 Å². The number of fused-ring (bicyclic) bond motifs is 1. The molecule has 0 bridgehead atoms. The van der Waals surface area contributed by atoms with Crippen molar-refractivity contribution in [3.8, 4) is 0 Å². The number of nitrogens with zero attached hydrogens (tertiary/aromatic N) is 1. The SMILES string of the molecule is O=C(N[C@H]1CCOC1=O)c1ccc2oc(CCc3ccccc3)nc2c1. The average Bonchev–Trinajstić information content (AvgIpc) is 3.26. The molecular formula is C20H18N2O4. The molecule has 132 valence electrons. The van der Waals surface area contributed by atoms with Crippen molar-refractivity contribution in [1.29, 1.82) is 0 Å². The number of benzene rings is 2. The van der Waals surface area contributed by atoms with E-state index in [-0.39, 0.29) is 11.9 Å². The van der Waals surface area contributed by atoms with Gasteiger partial charge in [0.2, 0.25) is 0 Å². The molecule has 1 aliphatic rings. The fraction of sp³-hybridized carbons (Fsp3) is 0.250. The van der Waals surface area contributed by atoms with Crippen LogP contribution in [0.25, 0.3) is 11.1 Å². The first-order chi connectivity index (χ1) is 12.7. The molecule has 0 aliphatic carbocycles. The van der Waals surface area contributed by atoms with E-state index in [0.717, 1.165) is 6.42 Å². The molecule has 2 aromatic carbocycles. The van der Waals surface area contributed by atoms with Crippen molar-refractivity contribution in [1.82, 2.24) is 10.3 Å². The number of carbonyl (C=O) groups is 2. The van der Waals surface area contributed by atoms with Crippen LogP contribution < -0.4 is 5.32 Å². The van der Waals surface area contributed by atoms with Crippen LogP contribution in [0.3, 0.4) is 0 Å². The summed E-state index contributed by atoms with van der Waals surface area (Å²) in [5.41, 5.74) is 2.94. The summed E-state index contributed by atoms with van der Waals surface area (Å²) in [4.78, 5) is 28.3. The Balaban J connectivity index is 1.46. The highest BCUT2D eigenvalue weighted by Gasteiger charge is 2.28. The molecule has 6 nitrogen and oxygen atoms in total. The number of ether oxygens (including phenoxy) is 1. The molecule has 0 unspecified atom stereocenters. The summed E-state index contributed by atoms with van der Waals surface area (Å²) in [6.07, 6.45) is 2.03. The molecule has 0 radical (unpaired) electrons. The van der Waals surface area contributed by atoms with E-state index in [1.807, 2.05) is 18.2 Å². The highest BCUT2D eigenvalue weighted by atomic mass is 16.5. The molecule has 1 aromatic heterocycles. The monoisotopic (exact) mass is 350 g/mol. The minimum absolute atomic E-state index is 0.315. The zero-order chi connectivity index (χ0) is 17.9. The quantitative estimate of drug-likeness (QED) is 0.716. The van der Waals surface area contributed by atoms with Crippen LogP contribution >= 0.6 is 0 Å². The Labute approximate surface area is 150 Å². The Bertz CT molecular complexity index is 949.